The Kier molecular flexibility index (Phi) is 8.29. The van der Waals surface area contributed by atoms with E-state index in [1.165, 1.54) is 19.2 Å². The van der Waals surface area contributed by atoms with E-state index < -0.39 is 5.97 Å². The Hall–Kier alpha value is -3.48. The summed E-state index contributed by atoms with van der Waals surface area (Å²) in [6.07, 6.45) is 4.61. The van der Waals surface area contributed by atoms with Gasteiger partial charge in [0.05, 0.1) is 18.2 Å². The molecule has 0 bridgehead atoms. The number of carboxylic acid groups (broad SMARTS) is 1. The number of phenols is 1. The number of carbonyl (C=O) groups excluding carboxylic acids is 1. The van der Waals surface area contributed by atoms with Crippen molar-refractivity contribution in [1.82, 2.24) is 0 Å². The monoisotopic (exact) mass is 414 g/mol. The van der Waals surface area contributed by atoms with Gasteiger partial charge in [0.25, 0.3) is 0 Å². The first-order valence-electron chi connectivity index (χ1n) is 9.56. The molecule has 0 aromatic heterocycles. The minimum absolute atomic E-state index is 0.0461. The molecule has 0 heterocycles. The number of phenolic OH excluding ortho intramolecular Hbond substituents is 1. The molecule has 0 spiro atoms. The molecule has 0 radical (unpaired) electrons. The van der Waals surface area contributed by atoms with Crippen LogP contribution in [0.1, 0.15) is 46.0 Å². The second-order valence-electron chi connectivity index (χ2n) is 6.52. The summed E-state index contributed by atoms with van der Waals surface area (Å²) < 4.78 is 16.4. The fourth-order valence-corrected chi connectivity index (χ4v) is 2.76. The van der Waals surface area contributed by atoms with Crippen LogP contribution in [-0.4, -0.2) is 42.3 Å². The molecular weight excluding hydrogens is 388 g/mol. The summed E-state index contributed by atoms with van der Waals surface area (Å²) >= 11 is 0. The molecule has 2 rings (SSSR count). The van der Waals surface area contributed by atoms with Crippen LogP contribution in [-0.2, 0) is 0 Å². The molecule has 0 saturated carbocycles. The van der Waals surface area contributed by atoms with Crippen LogP contribution in [0.3, 0.4) is 0 Å². The Bertz CT molecular complexity index is 931. The molecule has 0 amide bonds. The van der Waals surface area contributed by atoms with Gasteiger partial charge in [0, 0.05) is 12.0 Å². The molecule has 0 saturated heterocycles. The van der Waals surface area contributed by atoms with Crippen LogP contribution in [0.5, 0.6) is 23.0 Å². The van der Waals surface area contributed by atoms with Gasteiger partial charge >= 0.3 is 5.97 Å². The Morgan fingerprint density at radius 2 is 1.63 bits per heavy atom. The molecule has 0 aliphatic heterocycles. The highest BCUT2D eigenvalue weighted by Gasteiger charge is 2.15. The summed E-state index contributed by atoms with van der Waals surface area (Å²) in [6.45, 7) is 4.10. The highest BCUT2D eigenvalue weighted by atomic mass is 16.5. The quantitative estimate of drug-likeness (QED) is 0.415. The molecule has 160 valence electrons. The molecule has 7 heteroatoms. The fourth-order valence-electron chi connectivity index (χ4n) is 2.76. The predicted molar refractivity (Wildman–Crippen MR) is 112 cm³/mol. The first kappa shape index (κ1) is 22.8. The molecule has 0 atom stereocenters. The maximum Gasteiger partial charge on any atom is 0.335 e. The lowest BCUT2D eigenvalue weighted by molar-refractivity contribution is 0.0696. The zero-order valence-electron chi connectivity index (χ0n) is 17.3. The molecule has 0 aliphatic rings. The van der Waals surface area contributed by atoms with E-state index in [9.17, 15) is 14.7 Å². The summed E-state index contributed by atoms with van der Waals surface area (Å²) in [6, 6.07) is 7.64. The number of ketones is 1. The van der Waals surface area contributed by atoms with E-state index >= 15 is 0 Å². The van der Waals surface area contributed by atoms with Crippen molar-refractivity contribution in [2.24, 2.45) is 0 Å². The number of carboxylic acids is 1. The van der Waals surface area contributed by atoms with Gasteiger partial charge in [-0.2, -0.15) is 0 Å². The summed E-state index contributed by atoms with van der Waals surface area (Å²) in [5, 5.41) is 19.3. The van der Waals surface area contributed by atoms with Crippen LogP contribution in [0, 0.1) is 6.92 Å². The fraction of sp³-hybridized carbons (Fsp3) is 0.304. The average Bonchev–Trinajstić information content (AvgIpc) is 2.73. The van der Waals surface area contributed by atoms with E-state index in [0.29, 0.717) is 34.8 Å². The molecule has 0 aliphatic carbocycles. The van der Waals surface area contributed by atoms with E-state index in [0.717, 1.165) is 6.42 Å². The zero-order chi connectivity index (χ0) is 22.1. The molecule has 30 heavy (non-hydrogen) atoms. The number of aromatic hydroxyl groups is 1. The van der Waals surface area contributed by atoms with Crippen molar-refractivity contribution < 1.29 is 34.0 Å². The number of rotatable bonds is 11. The molecule has 0 fully saturated rings. The van der Waals surface area contributed by atoms with Crippen molar-refractivity contribution >= 4 is 11.8 Å². The standard InChI is InChI=1S/C23H26O7/c1-4-7-18(24)17-9-11-19(15(2)22(17)25)29-12-5-6-13-30-20-10-8-16(23(26)27)14-21(20)28-3/h5-6,8-11,14,25H,4,7,12-13H2,1-3H3,(H,26,27)/b6-5+. The van der Waals surface area contributed by atoms with E-state index in [1.54, 1.807) is 37.3 Å². The third-order valence-electron chi connectivity index (χ3n) is 4.41. The molecule has 2 N–H and O–H groups in total. The van der Waals surface area contributed by atoms with Crippen LogP contribution in [0.2, 0.25) is 0 Å². The Labute approximate surface area is 175 Å². The highest BCUT2D eigenvalue weighted by Crippen LogP contribution is 2.31. The van der Waals surface area contributed by atoms with Crippen molar-refractivity contribution in [2.45, 2.75) is 26.7 Å². The number of carbonyl (C=O) groups is 2. The van der Waals surface area contributed by atoms with Gasteiger partial charge in [-0.3, -0.25) is 4.79 Å². The Balaban J connectivity index is 1.90. The zero-order valence-corrected chi connectivity index (χ0v) is 17.3. The van der Waals surface area contributed by atoms with Crippen LogP contribution < -0.4 is 14.2 Å². The molecule has 2 aromatic carbocycles. The molecule has 7 nitrogen and oxygen atoms in total. The molecular formula is C23H26O7. The van der Waals surface area contributed by atoms with E-state index in [4.69, 9.17) is 19.3 Å². The number of benzene rings is 2. The number of hydrogen-bond donors (Lipinski definition) is 2. The van der Waals surface area contributed by atoms with Crippen molar-refractivity contribution in [3.8, 4) is 23.0 Å². The summed E-state index contributed by atoms with van der Waals surface area (Å²) in [5.74, 6) is 0.0891. The topological polar surface area (TPSA) is 102 Å². The van der Waals surface area contributed by atoms with Gasteiger partial charge in [0.2, 0.25) is 0 Å². The van der Waals surface area contributed by atoms with Gasteiger partial charge in [-0.15, -0.1) is 0 Å². The molecule has 0 unspecified atom stereocenters. The Morgan fingerprint density at radius 1 is 1.00 bits per heavy atom. The lowest BCUT2D eigenvalue weighted by atomic mass is 10.0. The first-order valence-corrected chi connectivity index (χ1v) is 9.56. The minimum Gasteiger partial charge on any atom is -0.507 e. The van der Waals surface area contributed by atoms with Gasteiger partial charge < -0.3 is 24.4 Å². The third kappa shape index (κ3) is 5.76. The van der Waals surface area contributed by atoms with Crippen molar-refractivity contribution in [1.29, 1.82) is 0 Å². The number of hydrogen-bond acceptors (Lipinski definition) is 6. The SMILES string of the molecule is CCCC(=O)c1ccc(OC/C=C/COc2ccc(C(=O)O)cc2OC)c(C)c1O. The van der Waals surface area contributed by atoms with Gasteiger partial charge in [-0.25, -0.2) is 4.79 Å². The van der Waals surface area contributed by atoms with Crippen LogP contribution >= 0.6 is 0 Å². The number of ether oxygens (including phenoxy) is 3. The van der Waals surface area contributed by atoms with Gasteiger partial charge in [0.1, 0.15) is 24.7 Å². The van der Waals surface area contributed by atoms with Crippen LogP contribution in [0.25, 0.3) is 0 Å². The smallest absolute Gasteiger partial charge is 0.335 e. The average molecular weight is 414 g/mol. The maximum atomic E-state index is 12.0. The van der Waals surface area contributed by atoms with Crippen molar-refractivity contribution in [2.75, 3.05) is 20.3 Å². The largest absolute Gasteiger partial charge is 0.507 e. The van der Waals surface area contributed by atoms with Gasteiger partial charge in [-0.05, 0) is 55.8 Å². The summed E-state index contributed by atoms with van der Waals surface area (Å²) in [4.78, 5) is 23.0. The van der Waals surface area contributed by atoms with Crippen molar-refractivity contribution in [3.63, 3.8) is 0 Å². The van der Waals surface area contributed by atoms with Crippen molar-refractivity contribution in [3.05, 3.63) is 59.2 Å². The van der Waals surface area contributed by atoms with Crippen LogP contribution in [0.4, 0.5) is 0 Å². The van der Waals surface area contributed by atoms with Gasteiger partial charge in [0.15, 0.2) is 17.3 Å². The highest BCUT2D eigenvalue weighted by molar-refractivity contribution is 5.99. The van der Waals surface area contributed by atoms with Crippen LogP contribution in [0.15, 0.2) is 42.5 Å². The summed E-state index contributed by atoms with van der Waals surface area (Å²) in [5.41, 5.74) is 0.947. The lowest BCUT2D eigenvalue weighted by Gasteiger charge is -2.12. The second kappa shape index (κ2) is 10.9. The van der Waals surface area contributed by atoms with E-state index in [-0.39, 0.29) is 30.3 Å². The first-order chi connectivity index (χ1) is 14.4. The van der Waals surface area contributed by atoms with Gasteiger partial charge in [-0.1, -0.05) is 6.92 Å². The lowest BCUT2D eigenvalue weighted by Crippen LogP contribution is -2.03. The number of methoxy groups -OCH3 is 1. The summed E-state index contributed by atoms with van der Waals surface area (Å²) in [7, 11) is 1.44. The third-order valence-corrected chi connectivity index (χ3v) is 4.41. The van der Waals surface area contributed by atoms with E-state index in [2.05, 4.69) is 0 Å². The van der Waals surface area contributed by atoms with E-state index in [1.807, 2.05) is 6.92 Å². The number of Topliss-reactive ketones (excluding diaryl/α,β-unsaturated/α-hetero) is 1. The molecule has 2 aromatic rings. The minimum atomic E-state index is -1.04. The number of aromatic carboxylic acids is 1. The normalized spacial score (nSPS) is 10.8. The maximum absolute atomic E-state index is 12.0. The predicted octanol–water partition coefficient (Wildman–Crippen LogP) is 4.40. The Morgan fingerprint density at radius 3 is 2.23 bits per heavy atom. The second-order valence-corrected chi connectivity index (χ2v) is 6.52.